The van der Waals surface area contributed by atoms with E-state index in [9.17, 15) is 4.79 Å². The minimum Gasteiger partial charge on any atom is -0.358 e. The van der Waals surface area contributed by atoms with Gasteiger partial charge in [0.15, 0.2) is 0 Å². The van der Waals surface area contributed by atoms with Gasteiger partial charge in [-0.3, -0.25) is 4.79 Å². The highest BCUT2D eigenvalue weighted by Crippen LogP contribution is 2.37. The molecule has 1 aromatic heterocycles. The van der Waals surface area contributed by atoms with Gasteiger partial charge in [0.1, 0.15) is 0 Å². The molecule has 0 atom stereocenters. The molecule has 0 spiro atoms. The number of aromatic amines is 1. The number of fused-ring (bicyclic) bond motifs is 2. The second-order valence-corrected chi connectivity index (χ2v) is 6.83. The Kier molecular flexibility index (Phi) is 3.37. The number of hydrogen-bond acceptors (Lipinski definition) is 1. The quantitative estimate of drug-likeness (QED) is 0.788. The number of nitrogens with one attached hydrogen (secondary N) is 2. The highest BCUT2D eigenvalue weighted by atomic mass is 16.2. The average molecular weight is 306 g/mol. The molecule has 1 aliphatic carbocycles. The van der Waals surface area contributed by atoms with Gasteiger partial charge in [-0.25, -0.2) is 0 Å². The molecule has 2 heterocycles. The SMILES string of the molecule is CC(C)c1c(C=C2C(=O)Nc3ccccc32)[nH]c2c1CCCC2. The van der Waals surface area contributed by atoms with Crippen molar-refractivity contribution in [3.8, 4) is 0 Å². The number of para-hydroxylation sites is 1. The van der Waals surface area contributed by atoms with E-state index >= 15 is 0 Å². The molecular weight excluding hydrogens is 284 g/mol. The largest absolute Gasteiger partial charge is 0.358 e. The van der Waals surface area contributed by atoms with Crippen LogP contribution in [0.25, 0.3) is 11.6 Å². The summed E-state index contributed by atoms with van der Waals surface area (Å²) in [5.41, 5.74) is 8.05. The van der Waals surface area contributed by atoms with Gasteiger partial charge >= 0.3 is 0 Å². The van der Waals surface area contributed by atoms with Crippen molar-refractivity contribution in [2.75, 3.05) is 5.32 Å². The summed E-state index contributed by atoms with van der Waals surface area (Å²) in [7, 11) is 0. The van der Waals surface area contributed by atoms with E-state index in [1.165, 1.54) is 29.7 Å². The average Bonchev–Trinajstić information content (AvgIpc) is 3.05. The normalized spacial score (nSPS) is 18.2. The first-order valence-electron chi connectivity index (χ1n) is 8.51. The van der Waals surface area contributed by atoms with Gasteiger partial charge in [0.2, 0.25) is 0 Å². The monoisotopic (exact) mass is 306 g/mol. The summed E-state index contributed by atoms with van der Waals surface area (Å²) >= 11 is 0. The fraction of sp³-hybridized carbons (Fsp3) is 0.350. The third-order valence-electron chi connectivity index (χ3n) is 4.94. The van der Waals surface area contributed by atoms with Gasteiger partial charge in [-0.15, -0.1) is 0 Å². The van der Waals surface area contributed by atoms with Gasteiger partial charge in [-0.2, -0.15) is 0 Å². The van der Waals surface area contributed by atoms with E-state index in [2.05, 4.69) is 30.2 Å². The predicted octanol–water partition coefficient (Wildman–Crippen LogP) is 4.51. The molecule has 23 heavy (non-hydrogen) atoms. The molecule has 0 fully saturated rings. The molecule has 2 N–H and O–H groups in total. The molecular formula is C20H22N2O. The van der Waals surface area contributed by atoms with Crippen molar-refractivity contribution in [3.05, 3.63) is 52.3 Å². The topological polar surface area (TPSA) is 44.9 Å². The fourth-order valence-corrected chi connectivity index (χ4v) is 3.93. The van der Waals surface area contributed by atoms with Crippen LogP contribution in [0.4, 0.5) is 5.69 Å². The minimum atomic E-state index is -0.00604. The van der Waals surface area contributed by atoms with Gasteiger partial charge in [0.05, 0.1) is 5.57 Å². The molecule has 0 unspecified atom stereocenters. The summed E-state index contributed by atoms with van der Waals surface area (Å²) in [6.45, 7) is 4.48. The molecule has 2 aliphatic rings. The maximum absolute atomic E-state index is 12.4. The van der Waals surface area contributed by atoms with Crippen LogP contribution >= 0.6 is 0 Å². The number of anilines is 1. The lowest BCUT2D eigenvalue weighted by atomic mass is 9.89. The summed E-state index contributed by atoms with van der Waals surface area (Å²) in [6, 6.07) is 7.90. The molecule has 1 aromatic carbocycles. The van der Waals surface area contributed by atoms with Crippen LogP contribution in [0.5, 0.6) is 0 Å². The van der Waals surface area contributed by atoms with E-state index in [1.54, 1.807) is 0 Å². The number of H-pyrrole nitrogens is 1. The van der Waals surface area contributed by atoms with E-state index in [4.69, 9.17) is 0 Å². The number of carbonyl (C=O) groups is 1. The van der Waals surface area contributed by atoms with Crippen LogP contribution in [0.2, 0.25) is 0 Å². The molecule has 0 saturated carbocycles. The zero-order chi connectivity index (χ0) is 16.0. The van der Waals surface area contributed by atoms with E-state index in [1.807, 2.05) is 24.3 Å². The number of hydrogen-bond donors (Lipinski definition) is 2. The van der Waals surface area contributed by atoms with E-state index < -0.39 is 0 Å². The molecule has 0 bridgehead atoms. The zero-order valence-electron chi connectivity index (χ0n) is 13.7. The summed E-state index contributed by atoms with van der Waals surface area (Å²) < 4.78 is 0. The lowest BCUT2D eigenvalue weighted by molar-refractivity contribution is -0.110. The van der Waals surface area contributed by atoms with Crippen LogP contribution in [-0.4, -0.2) is 10.9 Å². The molecule has 1 aliphatic heterocycles. The van der Waals surface area contributed by atoms with Gasteiger partial charge < -0.3 is 10.3 Å². The van der Waals surface area contributed by atoms with Crippen molar-refractivity contribution in [1.29, 1.82) is 0 Å². The van der Waals surface area contributed by atoms with Crippen molar-refractivity contribution in [2.45, 2.75) is 45.4 Å². The fourth-order valence-electron chi connectivity index (χ4n) is 3.93. The first-order chi connectivity index (χ1) is 11.1. The van der Waals surface area contributed by atoms with Crippen LogP contribution in [0.15, 0.2) is 24.3 Å². The molecule has 118 valence electrons. The first-order valence-corrected chi connectivity index (χ1v) is 8.51. The highest BCUT2D eigenvalue weighted by Gasteiger charge is 2.26. The van der Waals surface area contributed by atoms with Crippen LogP contribution in [0.3, 0.4) is 0 Å². The summed E-state index contributed by atoms with van der Waals surface area (Å²) in [5.74, 6) is 0.452. The van der Waals surface area contributed by atoms with Crippen molar-refractivity contribution < 1.29 is 4.79 Å². The van der Waals surface area contributed by atoms with Crippen molar-refractivity contribution >= 4 is 23.2 Å². The third kappa shape index (κ3) is 2.31. The van der Waals surface area contributed by atoms with Crippen LogP contribution in [0.1, 0.15) is 60.7 Å². The van der Waals surface area contributed by atoms with Crippen LogP contribution < -0.4 is 5.32 Å². The number of benzene rings is 1. The standard InChI is InChI=1S/C20H22N2O/c1-12(2)19-14-8-4-6-10-17(14)21-18(19)11-15-13-7-3-5-9-16(13)22-20(15)23/h3,5,7,9,11-12,21H,4,6,8,10H2,1-2H3,(H,22,23). The number of amides is 1. The molecule has 0 saturated heterocycles. The van der Waals surface area contributed by atoms with Crippen LogP contribution in [0, 0.1) is 0 Å². The number of carbonyl (C=O) groups excluding carboxylic acids is 1. The molecule has 2 aromatic rings. The predicted molar refractivity (Wildman–Crippen MR) is 94.5 cm³/mol. The van der Waals surface area contributed by atoms with E-state index in [-0.39, 0.29) is 5.91 Å². The van der Waals surface area contributed by atoms with Gasteiger partial charge in [0, 0.05) is 22.6 Å². The Labute approximate surface area is 136 Å². The van der Waals surface area contributed by atoms with Crippen molar-refractivity contribution in [1.82, 2.24) is 4.98 Å². The van der Waals surface area contributed by atoms with Crippen LogP contribution in [-0.2, 0) is 17.6 Å². The van der Waals surface area contributed by atoms with Gasteiger partial charge in [0.25, 0.3) is 5.91 Å². The van der Waals surface area contributed by atoms with Crippen molar-refractivity contribution in [2.24, 2.45) is 0 Å². The van der Waals surface area contributed by atoms with Crippen molar-refractivity contribution in [3.63, 3.8) is 0 Å². The second-order valence-electron chi connectivity index (χ2n) is 6.83. The minimum absolute atomic E-state index is 0.00604. The third-order valence-corrected chi connectivity index (χ3v) is 4.94. The Morgan fingerprint density at radius 1 is 1.13 bits per heavy atom. The van der Waals surface area contributed by atoms with Gasteiger partial charge in [-0.05, 0) is 54.9 Å². The second kappa shape index (κ2) is 5.41. The Hall–Kier alpha value is -2.29. The van der Waals surface area contributed by atoms with E-state index in [0.717, 1.165) is 35.4 Å². The molecule has 4 rings (SSSR count). The number of aryl methyl sites for hydroxylation is 1. The lowest BCUT2D eigenvalue weighted by Gasteiger charge is -2.14. The Morgan fingerprint density at radius 2 is 1.91 bits per heavy atom. The summed E-state index contributed by atoms with van der Waals surface area (Å²) in [6.07, 6.45) is 6.86. The number of rotatable bonds is 2. The number of aromatic nitrogens is 1. The smallest absolute Gasteiger partial charge is 0.256 e. The molecule has 1 amide bonds. The summed E-state index contributed by atoms with van der Waals surface area (Å²) in [4.78, 5) is 16.0. The highest BCUT2D eigenvalue weighted by molar-refractivity contribution is 6.34. The maximum atomic E-state index is 12.4. The zero-order valence-corrected chi connectivity index (χ0v) is 13.7. The van der Waals surface area contributed by atoms with E-state index in [0.29, 0.717) is 5.92 Å². The summed E-state index contributed by atoms with van der Waals surface area (Å²) in [5, 5.41) is 2.96. The Bertz CT molecular complexity index is 811. The maximum Gasteiger partial charge on any atom is 0.256 e. The lowest BCUT2D eigenvalue weighted by Crippen LogP contribution is -2.04. The molecule has 3 heteroatoms. The first kappa shape index (κ1) is 14.3. The van der Waals surface area contributed by atoms with Gasteiger partial charge in [-0.1, -0.05) is 32.0 Å². The molecule has 3 nitrogen and oxygen atoms in total. The molecule has 0 radical (unpaired) electrons. The Balaban J connectivity index is 1.86. The Morgan fingerprint density at radius 3 is 2.74 bits per heavy atom.